The Morgan fingerprint density at radius 2 is 1.58 bits per heavy atom. The lowest BCUT2D eigenvalue weighted by atomic mass is 10.1. The maximum absolute atomic E-state index is 13.3. The molecule has 11 heteroatoms. The number of nitrogens with one attached hydrogen (secondary N) is 1. The first kappa shape index (κ1) is 25.2. The number of hydrogen-bond donors (Lipinski definition) is 1. The minimum atomic E-state index is -4.68. The van der Waals surface area contributed by atoms with Gasteiger partial charge in [0.1, 0.15) is 0 Å². The van der Waals surface area contributed by atoms with Crippen LogP contribution in [0.1, 0.15) is 11.1 Å². The van der Waals surface area contributed by atoms with Gasteiger partial charge in [0.2, 0.25) is 15.9 Å². The Kier molecular flexibility index (Phi) is 7.84. The van der Waals surface area contributed by atoms with Crippen LogP contribution in [-0.4, -0.2) is 25.2 Å². The van der Waals surface area contributed by atoms with E-state index in [1.807, 2.05) is 0 Å². The molecule has 0 aliphatic heterocycles. The molecule has 0 spiro atoms. The highest BCUT2D eigenvalue weighted by Gasteiger charge is 2.34. The number of carbonyl (C=O) groups excluding carboxylic acids is 1. The third-order valence-corrected chi connectivity index (χ3v) is 7.14. The van der Waals surface area contributed by atoms with Gasteiger partial charge in [0.25, 0.3) is 0 Å². The van der Waals surface area contributed by atoms with Crippen LogP contribution in [0.15, 0.2) is 82.2 Å². The number of sulfonamides is 1. The van der Waals surface area contributed by atoms with E-state index in [9.17, 15) is 26.4 Å². The van der Waals surface area contributed by atoms with Gasteiger partial charge < -0.3 is 5.32 Å². The van der Waals surface area contributed by atoms with Crippen molar-refractivity contribution in [3.05, 3.63) is 93.4 Å². The zero-order valence-electron chi connectivity index (χ0n) is 16.8. The molecule has 33 heavy (non-hydrogen) atoms. The Morgan fingerprint density at radius 1 is 0.970 bits per heavy atom. The second-order valence-corrected chi connectivity index (χ2v) is 10.2. The minimum Gasteiger partial charge on any atom is -0.324 e. The number of carbonyl (C=O) groups is 1. The number of nitrogens with zero attached hydrogens (tertiary/aromatic N) is 1. The monoisotopic (exact) mass is 560 g/mol. The standard InChI is InChI=1S/C22H17BrClF3N2O3S/c23-16-7-5-15(6-8-16)13-29(33(31,32)18-11-9-17(24)10-12-18)14-21(30)28-20-4-2-1-3-19(20)22(25,26)27/h1-12H,13-14H2,(H,28,30). The van der Waals surface area contributed by atoms with E-state index < -0.39 is 39.9 Å². The number of hydrogen-bond acceptors (Lipinski definition) is 3. The van der Waals surface area contributed by atoms with Crippen molar-refractivity contribution in [3.8, 4) is 0 Å². The summed E-state index contributed by atoms with van der Waals surface area (Å²) in [5.74, 6) is -0.915. The van der Waals surface area contributed by atoms with Crippen molar-refractivity contribution < 1.29 is 26.4 Å². The summed E-state index contributed by atoms with van der Waals surface area (Å²) in [6.07, 6.45) is -4.68. The molecule has 0 aliphatic rings. The summed E-state index contributed by atoms with van der Waals surface area (Å²) in [7, 11) is -4.17. The van der Waals surface area contributed by atoms with Gasteiger partial charge in [-0.25, -0.2) is 8.42 Å². The molecule has 3 aromatic carbocycles. The molecular formula is C22H17BrClF3N2O3S. The summed E-state index contributed by atoms with van der Waals surface area (Å²) < 4.78 is 67.9. The third-order valence-electron chi connectivity index (χ3n) is 4.55. The number of halogens is 5. The summed E-state index contributed by atoms with van der Waals surface area (Å²) in [6.45, 7) is -0.875. The number of para-hydroxylation sites is 1. The molecule has 0 unspecified atom stereocenters. The van der Waals surface area contributed by atoms with Gasteiger partial charge in [-0.2, -0.15) is 17.5 Å². The summed E-state index contributed by atoms with van der Waals surface area (Å²) in [6, 6.07) is 16.6. The lowest BCUT2D eigenvalue weighted by molar-refractivity contribution is -0.137. The molecule has 0 heterocycles. The lowest BCUT2D eigenvalue weighted by Gasteiger charge is -2.22. The fourth-order valence-corrected chi connectivity index (χ4v) is 4.74. The van der Waals surface area contributed by atoms with E-state index in [4.69, 9.17) is 11.6 Å². The summed E-state index contributed by atoms with van der Waals surface area (Å²) >= 11 is 9.14. The predicted octanol–water partition coefficient (Wildman–Crippen LogP) is 5.95. The van der Waals surface area contributed by atoms with Gasteiger partial charge in [0, 0.05) is 16.0 Å². The number of rotatable bonds is 7. The molecule has 0 radical (unpaired) electrons. The second kappa shape index (κ2) is 10.3. The van der Waals surface area contributed by atoms with Crippen LogP contribution in [0.2, 0.25) is 5.02 Å². The van der Waals surface area contributed by atoms with Crippen LogP contribution in [0, 0.1) is 0 Å². The van der Waals surface area contributed by atoms with Crippen LogP contribution < -0.4 is 5.32 Å². The average Bonchev–Trinajstić information content (AvgIpc) is 2.74. The minimum absolute atomic E-state index is 0.104. The number of anilines is 1. The number of benzene rings is 3. The topological polar surface area (TPSA) is 66.5 Å². The predicted molar refractivity (Wildman–Crippen MR) is 123 cm³/mol. The van der Waals surface area contributed by atoms with Crippen LogP contribution in [-0.2, 0) is 27.5 Å². The van der Waals surface area contributed by atoms with E-state index >= 15 is 0 Å². The zero-order chi connectivity index (χ0) is 24.2. The average molecular weight is 562 g/mol. The van der Waals surface area contributed by atoms with Crippen LogP contribution in [0.4, 0.5) is 18.9 Å². The first-order valence-electron chi connectivity index (χ1n) is 9.43. The highest BCUT2D eigenvalue weighted by molar-refractivity contribution is 9.10. The van der Waals surface area contributed by atoms with E-state index in [0.29, 0.717) is 10.6 Å². The fraction of sp³-hybridized carbons (Fsp3) is 0.136. The molecule has 0 fully saturated rings. The highest BCUT2D eigenvalue weighted by atomic mass is 79.9. The molecule has 1 amide bonds. The van der Waals surface area contributed by atoms with Crippen LogP contribution in [0.3, 0.4) is 0 Å². The highest BCUT2D eigenvalue weighted by Crippen LogP contribution is 2.34. The molecule has 0 aromatic heterocycles. The smallest absolute Gasteiger partial charge is 0.324 e. The van der Waals surface area contributed by atoms with Gasteiger partial charge in [0.05, 0.1) is 22.7 Å². The first-order valence-corrected chi connectivity index (χ1v) is 12.0. The van der Waals surface area contributed by atoms with E-state index in [1.165, 1.54) is 36.4 Å². The first-order chi connectivity index (χ1) is 15.5. The fourth-order valence-electron chi connectivity index (χ4n) is 2.96. The largest absolute Gasteiger partial charge is 0.418 e. The number of amides is 1. The van der Waals surface area contributed by atoms with Crippen LogP contribution >= 0.6 is 27.5 Å². The van der Waals surface area contributed by atoms with Gasteiger partial charge in [-0.3, -0.25) is 4.79 Å². The Labute approximate surface area is 202 Å². The van der Waals surface area contributed by atoms with E-state index in [0.717, 1.165) is 20.9 Å². The van der Waals surface area contributed by atoms with Gasteiger partial charge in [-0.15, -0.1) is 0 Å². The van der Waals surface area contributed by atoms with Crippen molar-refractivity contribution >= 4 is 49.1 Å². The molecule has 174 valence electrons. The Hall–Kier alpha value is -2.40. The van der Waals surface area contributed by atoms with E-state index in [2.05, 4.69) is 21.2 Å². The molecular weight excluding hydrogens is 545 g/mol. The lowest BCUT2D eigenvalue weighted by Crippen LogP contribution is -2.37. The third kappa shape index (κ3) is 6.57. The normalized spacial score (nSPS) is 12.1. The molecule has 0 atom stereocenters. The molecule has 3 rings (SSSR count). The summed E-state index contributed by atoms with van der Waals surface area (Å²) in [5, 5.41) is 2.51. The molecule has 5 nitrogen and oxygen atoms in total. The molecule has 0 saturated heterocycles. The molecule has 1 N–H and O–H groups in total. The second-order valence-electron chi connectivity index (χ2n) is 6.95. The van der Waals surface area contributed by atoms with Gasteiger partial charge in [0.15, 0.2) is 0 Å². The Morgan fingerprint density at radius 3 is 2.18 bits per heavy atom. The van der Waals surface area contributed by atoms with E-state index in [-0.39, 0.29) is 11.4 Å². The SMILES string of the molecule is O=C(CN(Cc1ccc(Br)cc1)S(=O)(=O)c1ccc(Cl)cc1)Nc1ccccc1C(F)(F)F. The van der Waals surface area contributed by atoms with Crippen molar-refractivity contribution in [2.45, 2.75) is 17.6 Å². The van der Waals surface area contributed by atoms with Crippen molar-refractivity contribution in [2.24, 2.45) is 0 Å². The Balaban J connectivity index is 1.90. The van der Waals surface area contributed by atoms with Crippen LogP contribution in [0.5, 0.6) is 0 Å². The van der Waals surface area contributed by atoms with Gasteiger partial charge in [-0.05, 0) is 54.1 Å². The zero-order valence-corrected chi connectivity index (χ0v) is 20.0. The van der Waals surface area contributed by atoms with E-state index in [1.54, 1.807) is 24.3 Å². The maximum atomic E-state index is 13.3. The van der Waals surface area contributed by atoms with Crippen molar-refractivity contribution in [1.82, 2.24) is 4.31 Å². The molecule has 0 bridgehead atoms. The molecule has 0 aliphatic carbocycles. The van der Waals surface area contributed by atoms with Gasteiger partial charge in [-0.1, -0.05) is 51.8 Å². The maximum Gasteiger partial charge on any atom is 0.418 e. The van der Waals surface area contributed by atoms with Crippen molar-refractivity contribution in [2.75, 3.05) is 11.9 Å². The Bertz CT molecular complexity index is 1230. The number of alkyl halides is 3. The quantitative estimate of drug-likeness (QED) is 0.388. The molecule has 3 aromatic rings. The summed E-state index contributed by atoms with van der Waals surface area (Å²) in [4.78, 5) is 12.6. The van der Waals surface area contributed by atoms with Crippen molar-refractivity contribution in [3.63, 3.8) is 0 Å². The van der Waals surface area contributed by atoms with Gasteiger partial charge >= 0.3 is 6.18 Å². The van der Waals surface area contributed by atoms with Crippen molar-refractivity contribution in [1.29, 1.82) is 0 Å². The summed E-state index contributed by atoms with van der Waals surface area (Å²) in [5.41, 5.74) is -0.903. The molecule has 0 saturated carbocycles. The van der Waals surface area contributed by atoms with Crippen LogP contribution in [0.25, 0.3) is 0 Å².